The maximum absolute atomic E-state index is 10.5. The Morgan fingerprint density at radius 2 is 1.87 bits per heavy atom. The number of rotatable bonds is 2. The molecule has 0 amide bonds. The molecule has 0 aromatic carbocycles. The molecule has 1 fully saturated rings. The molecule has 2 atom stereocenters. The van der Waals surface area contributed by atoms with Gasteiger partial charge in [-0.25, -0.2) is 0 Å². The summed E-state index contributed by atoms with van der Waals surface area (Å²) in [5, 5.41) is 29.7. The Morgan fingerprint density at radius 3 is 2.13 bits per heavy atom. The molecule has 15 heavy (non-hydrogen) atoms. The van der Waals surface area contributed by atoms with Crippen LogP contribution in [0.4, 0.5) is 0 Å². The van der Waals surface area contributed by atoms with Crippen LogP contribution in [0.2, 0.25) is 0 Å². The number of aliphatic carboxylic acids is 2. The van der Waals surface area contributed by atoms with Crippen LogP contribution in [0.1, 0.15) is 6.42 Å². The van der Waals surface area contributed by atoms with Gasteiger partial charge in [0.05, 0.1) is 18.4 Å². The summed E-state index contributed by atoms with van der Waals surface area (Å²) >= 11 is 0. The van der Waals surface area contributed by atoms with E-state index in [1.165, 1.54) is 0 Å². The van der Waals surface area contributed by atoms with Gasteiger partial charge in [0.15, 0.2) is 11.7 Å². The van der Waals surface area contributed by atoms with E-state index in [-0.39, 0.29) is 59.1 Å². The number of carbonyl (C=O) groups is 3. The molecule has 72 valence electrons. The first-order valence-electron chi connectivity index (χ1n) is 3.22. The maximum atomic E-state index is 10.5. The molecule has 7 nitrogen and oxygen atoms in total. The molecule has 0 bridgehead atoms. The van der Waals surface area contributed by atoms with Gasteiger partial charge >= 0.3 is 65.1 Å². The third-order valence-electron chi connectivity index (χ3n) is 1.66. The first kappa shape index (κ1) is 17.8. The fourth-order valence-corrected chi connectivity index (χ4v) is 1.01. The Bertz CT molecular complexity index is 291. The summed E-state index contributed by atoms with van der Waals surface area (Å²) in [5.74, 6) is -5.18. The molecule has 1 heterocycles. The number of carboxylic acid groups (broad SMARTS) is 2. The normalized spacial score (nSPS) is 28.3. The van der Waals surface area contributed by atoms with E-state index in [4.69, 9.17) is 5.11 Å². The van der Waals surface area contributed by atoms with Gasteiger partial charge in [0.25, 0.3) is 0 Å². The van der Waals surface area contributed by atoms with Gasteiger partial charge in [-0.15, -0.1) is 0 Å². The topological polar surface area (TPSA) is 127 Å². The summed E-state index contributed by atoms with van der Waals surface area (Å²) in [5.41, 5.74) is -2.82. The second kappa shape index (κ2) is 6.19. The van der Waals surface area contributed by atoms with Gasteiger partial charge in [-0.3, -0.25) is 4.79 Å². The quantitative estimate of drug-likeness (QED) is 0.371. The molecule has 0 aliphatic carbocycles. The maximum Gasteiger partial charge on any atom is 1.00 e. The minimum atomic E-state index is -2.82. The van der Waals surface area contributed by atoms with E-state index in [0.717, 1.165) is 0 Å². The van der Waals surface area contributed by atoms with Crippen LogP contribution in [-0.4, -0.2) is 34.7 Å². The molecule has 0 radical (unpaired) electrons. The molecule has 1 aliphatic rings. The van der Waals surface area contributed by atoms with Crippen LogP contribution in [0.5, 0.6) is 0 Å². The largest absolute Gasteiger partial charge is 1.00 e. The van der Waals surface area contributed by atoms with Gasteiger partial charge in [0, 0.05) is 0 Å². The minimum absolute atomic E-state index is 0. The van der Waals surface area contributed by atoms with Crippen molar-refractivity contribution >= 4 is 17.9 Å². The number of esters is 1. The van der Waals surface area contributed by atoms with Crippen LogP contribution in [0.3, 0.4) is 0 Å². The number of aliphatic hydroxyl groups is 1. The molecule has 9 heteroatoms. The smallest absolute Gasteiger partial charge is 0.547 e. The van der Waals surface area contributed by atoms with Crippen molar-refractivity contribution in [3.8, 4) is 0 Å². The van der Waals surface area contributed by atoms with Crippen molar-refractivity contribution in [3.63, 3.8) is 0 Å². The van der Waals surface area contributed by atoms with Crippen LogP contribution in [0, 0.1) is 0 Å². The van der Waals surface area contributed by atoms with Crippen molar-refractivity contribution in [2.75, 3.05) is 0 Å². The molecule has 0 spiro atoms. The van der Waals surface area contributed by atoms with Gasteiger partial charge in [0.2, 0.25) is 0 Å². The van der Waals surface area contributed by atoms with Gasteiger partial charge < -0.3 is 29.6 Å². The average Bonchev–Trinajstić information content (AvgIpc) is 2.27. The van der Waals surface area contributed by atoms with Crippen molar-refractivity contribution in [2.24, 2.45) is 0 Å². The van der Waals surface area contributed by atoms with Crippen LogP contribution in [-0.2, 0) is 19.1 Å². The van der Waals surface area contributed by atoms with Gasteiger partial charge in [-0.05, 0) is 0 Å². The van der Waals surface area contributed by atoms with Gasteiger partial charge in [-0.1, -0.05) is 0 Å². The number of cyclic esters (lactones) is 1. The number of carboxylic acids is 2. The standard InChI is InChI=1S/C6H6O7.2Na/c7-2-1-6(12,5(10)11)3(13-2)4(8)9;;/h3,12H,1H2,(H,8,9)(H,10,11);;/q;2*+1/p-2. The van der Waals surface area contributed by atoms with Crippen molar-refractivity contribution in [1.82, 2.24) is 0 Å². The van der Waals surface area contributed by atoms with E-state index in [2.05, 4.69) is 4.74 Å². The summed E-state index contributed by atoms with van der Waals surface area (Å²) in [4.78, 5) is 31.0. The van der Waals surface area contributed by atoms with Crippen molar-refractivity contribution in [3.05, 3.63) is 0 Å². The fourth-order valence-electron chi connectivity index (χ4n) is 1.01. The predicted molar refractivity (Wildman–Crippen MR) is 29.5 cm³/mol. The van der Waals surface area contributed by atoms with E-state index >= 15 is 0 Å². The zero-order valence-electron chi connectivity index (χ0n) is 8.18. The number of hydrogen-bond donors (Lipinski definition) is 1. The minimum Gasteiger partial charge on any atom is -0.547 e. The number of hydrogen-bond acceptors (Lipinski definition) is 7. The predicted octanol–water partition coefficient (Wildman–Crippen LogP) is -10.5. The molecule has 2 unspecified atom stereocenters. The summed E-state index contributed by atoms with van der Waals surface area (Å²) in [6.07, 6.45) is -3.15. The summed E-state index contributed by atoms with van der Waals surface area (Å²) in [6.45, 7) is 0. The summed E-state index contributed by atoms with van der Waals surface area (Å²) in [6, 6.07) is 0. The molecular formula is C6H4Na2O7. The molecule has 0 aromatic rings. The number of ether oxygens (including phenoxy) is 1. The first-order valence-corrected chi connectivity index (χ1v) is 3.22. The third-order valence-corrected chi connectivity index (χ3v) is 1.66. The van der Waals surface area contributed by atoms with Crippen LogP contribution < -0.4 is 69.3 Å². The fraction of sp³-hybridized carbons (Fsp3) is 0.500. The van der Waals surface area contributed by atoms with Crippen LogP contribution in [0.25, 0.3) is 0 Å². The number of carbonyl (C=O) groups excluding carboxylic acids is 3. The van der Waals surface area contributed by atoms with Crippen molar-refractivity contribution < 1.29 is 93.6 Å². The molecule has 1 aliphatic heterocycles. The Balaban J connectivity index is 0. The van der Waals surface area contributed by atoms with E-state index in [1.807, 2.05) is 0 Å². The van der Waals surface area contributed by atoms with Crippen molar-refractivity contribution in [2.45, 2.75) is 18.1 Å². The molecule has 1 saturated heterocycles. The summed E-state index contributed by atoms with van der Waals surface area (Å²) < 4.78 is 4.03. The second-order valence-electron chi connectivity index (χ2n) is 2.58. The average molecular weight is 234 g/mol. The van der Waals surface area contributed by atoms with Crippen LogP contribution in [0.15, 0.2) is 0 Å². The van der Waals surface area contributed by atoms with Gasteiger partial charge in [-0.2, -0.15) is 0 Å². The first-order chi connectivity index (χ1) is 5.88. The van der Waals surface area contributed by atoms with E-state index in [9.17, 15) is 24.6 Å². The van der Waals surface area contributed by atoms with E-state index in [1.54, 1.807) is 0 Å². The Kier molecular flexibility index (Phi) is 7.33. The molecular weight excluding hydrogens is 230 g/mol. The van der Waals surface area contributed by atoms with Crippen molar-refractivity contribution in [1.29, 1.82) is 0 Å². The second-order valence-corrected chi connectivity index (χ2v) is 2.58. The Morgan fingerprint density at radius 1 is 1.40 bits per heavy atom. The third kappa shape index (κ3) is 3.42. The van der Waals surface area contributed by atoms with Gasteiger partial charge in [0.1, 0.15) is 0 Å². The zero-order valence-corrected chi connectivity index (χ0v) is 12.2. The molecule has 1 rings (SSSR count). The zero-order chi connectivity index (χ0) is 10.2. The Hall–Kier alpha value is 0.370. The monoisotopic (exact) mass is 234 g/mol. The summed E-state index contributed by atoms with van der Waals surface area (Å²) in [7, 11) is 0. The van der Waals surface area contributed by atoms with E-state index in [0.29, 0.717) is 0 Å². The SMILES string of the molecule is O=C1CC(O)(C(=O)[O-])C(C(=O)[O-])O1.[Na+].[Na+]. The van der Waals surface area contributed by atoms with Crippen LogP contribution >= 0.6 is 0 Å². The molecule has 0 saturated carbocycles. The Labute approximate surface area is 128 Å². The molecule has 1 N–H and O–H groups in total. The van der Waals surface area contributed by atoms with E-state index < -0.39 is 36.0 Å². The molecule has 0 aromatic heterocycles.